The summed E-state index contributed by atoms with van der Waals surface area (Å²) in [5.74, 6) is 1.36. The van der Waals surface area contributed by atoms with Crippen LogP contribution in [0, 0.1) is 6.92 Å². The first-order valence-corrected chi connectivity index (χ1v) is 8.89. The molecule has 6 heteroatoms. The first-order chi connectivity index (χ1) is 11.6. The molecule has 1 aliphatic rings. The summed E-state index contributed by atoms with van der Waals surface area (Å²) >= 11 is 0. The van der Waals surface area contributed by atoms with Gasteiger partial charge in [-0.05, 0) is 37.7 Å². The van der Waals surface area contributed by atoms with E-state index in [1.165, 1.54) is 11.1 Å². The van der Waals surface area contributed by atoms with Gasteiger partial charge in [0.15, 0.2) is 5.96 Å². The third-order valence-corrected chi connectivity index (χ3v) is 4.23. The maximum absolute atomic E-state index is 11.6. The zero-order valence-electron chi connectivity index (χ0n) is 15.5. The lowest BCUT2D eigenvalue weighted by molar-refractivity contribution is -0.121. The van der Waals surface area contributed by atoms with Gasteiger partial charge in [-0.1, -0.05) is 36.8 Å². The van der Waals surface area contributed by atoms with Crippen LogP contribution in [0.2, 0.25) is 0 Å². The first kappa shape index (κ1) is 21.7. The summed E-state index contributed by atoms with van der Waals surface area (Å²) < 4.78 is 0. The van der Waals surface area contributed by atoms with Crippen molar-refractivity contribution in [1.29, 1.82) is 0 Å². The van der Waals surface area contributed by atoms with E-state index in [1.807, 2.05) is 0 Å². The molecule has 0 bridgehead atoms. The zero-order valence-corrected chi connectivity index (χ0v) is 17.8. The van der Waals surface area contributed by atoms with E-state index in [4.69, 9.17) is 0 Å². The van der Waals surface area contributed by atoms with Gasteiger partial charge in [-0.25, -0.2) is 0 Å². The Hall–Kier alpha value is -1.31. The molecule has 0 spiro atoms. The molecule has 1 saturated carbocycles. The van der Waals surface area contributed by atoms with Crippen LogP contribution in [0.25, 0.3) is 0 Å². The van der Waals surface area contributed by atoms with Crippen LogP contribution in [0.4, 0.5) is 0 Å². The van der Waals surface area contributed by atoms with E-state index >= 15 is 0 Å². The number of hydrogen-bond donors (Lipinski definition) is 3. The molecule has 1 atom stereocenters. The number of benzene rings is 1. The van der Waals surface area contributed by atoms with Crippen molar-refractivity contribution >= 4 is 35.8 Å². The summed E-state index contributed by atoms with van der Waals surface area (Å²) in [6.45, 7) is 5.89. The number of carbonyl (C=O) groups is 1. The number of aliphatic imine (C=N–C) groups is 1. The topological polar surface area (TPSA) is 65.5 Å². The molecule has 0 aromatic heterocycles. The van der Waals surface area contributed by atoms with Crippen molar-refractivity contribution in [3.05, 3.63) is 35.4 Å². The molecule has 140 valence electrons. The predicted molar refractivity (Wildman–Crippen MR) is 115 cm³/mol. The fourth-order valence-corrected chi connectivity index (χ4v) is 2.55. The van der Waals surface area contributed by atoms with Crippen LogP contribution in [0.5, 0.6) is 0 Å². The normalized spacial score (nSPS) is 15.1. The largest absolute Gasteiger partial charge is 0.356 e. The summed E-state index contributed by atoms with van der Waals surface area (Å²) in [5.41, 5.74) is 2.61. The smallest absolute Gasteiger partial charge is 0.220 e. The second-order valence-corrected chi connectivity index (χ2v) is 6.64. The highest BCUT2D eigenvalue weighted by Crippen LogP contribution is 2.18. The van der Waals surface area contributed by atoms with Crippen molar-refractivity contribution in [3.8, 4) is 0 Å². The number of nitrogens with zero attached hydrogens (tertiary/aromatic N) is 1. The van der Waals surface area contributed by atoms with Gasteiger partial charge < -0.3 is 16.0 Å². The molecule has 1 aromatic carbocycles. The maximum Gasteiger partial charge on any atom is 0.220 e. The lowest BCUT2D eigenvalue weighted by Crippen LogP contribution is -2.39. The van der Waals surface area contributed by atoms with Crippen LogP contribution >= 0.6 is 24.0 Å². The average Bonchev–Trinajstić information content (AvgIpc) is 3.37. The molecule has 0 heterocycles. The van der Waals surface area contributed by atoms with E-state index in [2.05, 4.69) is 59.1 Å². The molecule has 1 amide bonds. The number of nitrogens with one attached hydrogen (secondary N) is 3. The maximum atomic E-state index is 11.6. The fraction of sp³-hybridized carbons (Fsp3) is 0.579. The van der Waals surface area contributed by atoms with Crippen molar-refractivity contribution in [2.45, 2.75) is 51.5 Å². The lowest BCUT2D eigenvalue weighted by Gasteiger charge is -2.16. The third-order valence-electron chi connectivity index (χ3n) is 4.23. The SMILES string of the molecule is CN=C(NCCCC(=O)NC1CC1)NCC(C)c1cccc(C)c1.I. The zero-order chi connectivity index (χ0) is 17.4. The average molecular weight is 458 g/mol. The monoisotopic (exact) mass is 458 g/mol. The van der Waals surface area contributed by atoms with E-state index in [9.17, 15) is 4.79 Å². The minimum absolute atomic E-state index is 0. The fourth-order valence-electron chi connectivity index (χ4n) is 2.55. The molecule has 1 unspecified atom stereocenters. The second-order valence-electron chi connectivity index (χ2n) is 6.64. The van der Waals surface area contributed by atoms with Crippen molar-refractivity contribution < 1.29 is 4.79 Å². The van der Waals surface area contributed by atoms with Crippen LogP contribution in [-0.2, 0) is 4.79 Å². The highest BCUT2D eigenvalue weighted by Gasteiger charge is 2.22. The van der Waals surface area contributed by atoms with Crippen molar-refractivity contribution in [2.75, 3.05) is 20.1 Å². The van der Waals surface area contributed by atoms with Crippen LogP contribution < -0.4 is 16.0 Å². The first-order valence-electron chi connectivity index (χ1n) is 8.89. The summed E-state index contributed by atoms with van der Waals surface area (Å²) in [5, 5.41) is 9.63. The molecule has 2 rings (SSSR count). The summed E-state index contributed by atoms with van der Waals surface area (Å²) in [6, 6.07) is 9.04. The molecular weight excluding hydrogens is 427 g/mol. The third kappa shape index (κ3) is 8.56. The van der Waals surface area contributed by atoms with Gasteiger partial charge in [0.1, 0.15) is 0 Å². The Kier molecular flexibility index (Phi) is 9.85. The Morgan fingerprint density at radius 1 is 1.32 bits per heavy atom. The number of rotatable bonds is 8. The number of hydrogen-bond acceptors (Lipinski definition) is 2. The molecule has 0 aliphatic heterocycles. The van der Waals surface area contributed by atoms with Crippen LogP contribution in [-0.4, -0.2) is 38.0 Å². The van der Waals surface area contributed by atoms with E-state index in [0.717, 1.165) is 38.3 Å². The van der Waals surface area contributed by atoms with Gasteiger partial charge >= 0.3 is 0 Å². The van der Waals surface area contributed by atoms with E-state index in [-0.39, 0.29) is 29.9 Å². The standard InChI is InChI=1S/C19H30N4O.HI/c1-14-6-4-7-16(12-14)15(2)13-22-19(20-3)21-11-5-8-18(24)23-17-9-10-17;/h4,6-7,12,15,17H,5,8-11,13H2,1-3H3,(H,23,24)(H2,20,21,22);1H. The molecule has 3 N–H and O–H groups in total. The Morgan fingerprint density at radius 2 is 2.08 bits per heavy atom. The van der Waals surface area contributed by atoms with Crippen LogP contribution in [0.1, 0.15) is 49.7 Å². The van der Waals surface area contributed by atoms with E-state index in [1.54, 1.807) is 7.05 Å². The summed E-state index contributed by atoms with van der Waals surface area (Å²) in [6.07, 6.45) is 3.66. The van der Waals surface area contributed by atoms with Gasteiger partial charge in [0.25, 0.3) is 0 Å². The molecule has 1 aromatic rings. The summed E-state index contributed by atoms with van der Waals surface area (Å²) in [7, 11) is 1.77. The van der Waals surface area contributed by atoms with Gasteiger partial charge in [-0.3, -0.25) is 9.79 Å². The predicted octanol–water partition coefficient (Wildman–Crippen LogP) is 2.94. The van der Waals surface area contributed by atoms with Gasteiger partial charge in [0, 0.05) is 32.6 Å². The van der Waals surface area contributed by atoms with Gasteiger partial charge in [-0.2, -0.15) is 0 Å². The Balaban J connectivity index is 0.00000312. The lowest BCUT2D eigenvalue weighted by atomic mass is 9.99. The van der Waals surface area contributed by atoms with Crippen molar-refractivity contribution in [3.63, 3.8) is 0 Å². The number of halogens is 1. The van der Waals surface area contributed by atoms with Crippen molar-refractivity contribution in [1.82, 2.24) is 16.0 Å². The highest BCUT2D eigenvalue weighted by molar-refractivity contribution is 14.0. The number of aryl methyl sites for hydroxylation is 1. The Labute approximate surface area is 168 Å². The minimum Gasteiger partial charge on any atom is -0.356 e. The molecule has 1 aliphatic carbocycles. The molecule has 0 radical (unpaired) electrons. The van der Waals surface area contributed by atoms with Crippen molar-refractivity contribution in [2.24, 2.45) is 4.99 Å². The molecule has 1 fully saturated rings. The number of guanidine groups is 1. The van der Waals surface area contributed by atoms with Crippen LogP contribution in [0.3, 0.4) is 0 Å². The highest BCUT2D eigenvalue weighted by atomic mass is 127. The van der Waals surface area contributed by atoms with Gasteiger partial charge in [0.05, 0.1) is 0 Å². The van der Waals surface area contributed by atoms with E-state index in [0.29, 0.717) is 18.4 Å². The summed E-state index contributed by atoms with van der Waals surface area (Å²) in [4.78, 5) is 15.9. The Bertz CT molecular complexity index is 572. The van der Waals surface area contributed by atoms with E-state index < -0.39 is 0 Å². The molecule has 0 saturated heterocycles. The van der Waals surface area contributed by atoms with Gasteiger partial charge in [-0.15, -0.1) is 24.0 Å². The second kappa shape index (κ2) is 11.3. The molecule has 25 heavy (non-hydrogen) atoms. The molecular formula is C19H31IN4O. The Morgan fingerprint density at radius 3 is 2.72 bits per heavy atom. The number of amides is 1. The van der Waals surface area contributed by atoms with Gasteiger partial charge in [0.2, 0.25) is 5.91 Å². The number of carbonyl (C=O) groups excluding carboxylic acids is 1. The van der Waals surface area contributed by atoms with Crippen LogP contribution in [0.15, 0.2) is 29.3 Å². The quantitative estimate of drug-likeness (QED) is 0.243. The molecule has 5 nitrogen and oxygen atoms in total. The minimum atomic E-state index is 0.